The lowest BCUT2D eigenvalue weighted by Gasteiger charge is -2.27. The van der Waals surface area contributed by atoms with Gasteiger partial charge in [0.25, 0.3) is 0 Å². The highest BCUT2D eigenvalue weighted by Gasteiger charge is 2.25. The highest BCUT2D eigenvalue weighted by molar-refractivity contribution is 6.23. The Hall–Kier alpha value is 0.250. The van der Waals surface area contributed by atoms with Gasteiger partial charge >= 0.3 is 0 Å². The van der Waals surface area contributed by atoms with Gasteiger partial charge < -0.3 is 6.15 Å². The van der Waals surface area contributed by atoms with Crippen molar-refractivity contribution in [3.8, 4) is 0 Å². The van der Waals surface area contributed by atoms with Crippen molar-refractivity contribution in [2.24, 2.45) is 0 Å². The van der Waals surface area contributed by atoms with Crippen LogP contribution in [-0.4, -0.2) is 4.87 Å². The van der Waals surface area contributed by atoms with Gasteiger partial charge in [0.1, 0.15) is 0 Å². The minimum absolute atomic E-state index is 0. The largest absolute Gasteiger partial charge is 0.344 e. The molecule has 0 aliphatic rings. The van der Waals surface area contributed by atoms with Gasteiger partial charge in [-0.1, -0.05) is 117 Å². The van der Waals surface area contributed by atoms with Gasteiger partial charge in [-0.25, -0.2) is 0 Å². The monoisotopic (exact) mass is 361 g/mol. The average Bonchev–Trinajstić information content (AvgIpc) is 2.54. The summed E-state index contributed by atoms with van der Waals surface area (Å²) in [5.41, 5.74) is 0. The highest BCUT2D eigenvalue weighted by Crippen LogP contribution is 2.35. The SMILES string of the molecule is CCCCCCCC(Cl)(CCCCCCC)CCCCCCC.N. The van der Waals surface area contributed by atoms with Crippen LogP contribution in [0.5, 0.6) is 0 Å². The molecule has 0 aromatic rings. The van der Waals surface area contributed by atoms with Gasteiger partial charge in [0.2, 0.25) is 0 Å². The van der Waals surface area contributed by atoms with Gasteiger partial charge in [-0.05, 0) is 19.3 Å². The second kappa shape index (κ2) is 19.6. The summed E-state index contributed by atoms with van der Waals surface area (Å²) in [6.07, 6.45) is 24.3. The number of alkyl halides is 1. The molecule has 0 unspecified atom stereocenters. The number of unbranched alkanes of at least 4 members (excludes halogenated alkanes) is 12. The zero-order valence-electron chi connectivity index (χ0n) is 17.3. The quantitative estimate of drug-likeness (QED) is 0.191. The maximum absolute atomic E-state index is 7.08. The van der Waals surface area contributed by atoms with Crippen LogP contribution in [0.4, 0.5) is 0 Å². The van der Waals surface area contributed by atoms with Gasteiger partial charge in [0.15, 0.2) is 0 Å². The van der Waals surface area contributed by atoms with Crippen LogP contribution >= 0.6 is 11.6 Å². The summed E-state index contributed by atoms with van der Waals surface area (Å²) in [6, 6.07) is 0. The maximum atomic E-state index is 7.08. The lowest BCUT2D eigenvalue weighted by molar-refractivity contribution is 0.396. The van der Waals surface area contributed by atoms with E-state index in [0.29, 0.717) is 0 Å². The molecule has 2 heteroatoms. The molecule has 24 heavy (non-hydrogen) atoms. The Kier molecular flexibility index (Phi) is 21.6. The molecule has 0 aliphatic heterocycles. The molecule has 0 fully saturated rings. The van der Waals surface area contributed by atoms with Gasteiger partial charge in [0.05, 0.1) is 0 Å². The Morgan fingerprint density at radius 2 is 0.708 bits per heavy atom. The fourth-order valence-electron chi connectivity index (χ4n) is 3.51. The molecule has 0 heterocycles. The van der Waals surface area contributed by atoms with E-state index in [0.717, 1.165) is 0 Å². The summed E-state index contributed by atoms with van der Waals surface area (Å²) in [5.74, 6) is 0. The van der Waals surface area contributed by atoms with Gasteiger partial charge in [-0.3, -0.25) is 0 Å². The third kappa shape index (κ3) is 17.1. The summed E-state index contributed by atoms with van der Waals surface area (Å²) in [6.45, 7) is 6.87. The molecule has 0 spiro atoms. The van der Waals surface area contributed by atoms with Crippen LogP contribution in [0.1, 0.15) is 136 Å². The van der Waals surface area contributed by atoms with E-state index in [4.69, 9.17) is 11.6 Å². The Bertz CT molecular complexity index is 194. The maximum Gasteiger partial charge on any atom is 0.0446 e. The highest BCUT2D eigenvalue weighted by atomic mass is 35.5. The van der Waals surface area contributed by atoms with E-state index >= 15 is 0 Å². The van der Waals surface area contributed by atoms with Crippen LogP contribution in [0.2, 0.25) is 0 Å². The minimum atomic E-state index is 0. The van der Waals surface area contributed by atoms with Crippen molar-refractivity contribution in [3.63, 3.8) is 0 Å². The Labute approximate surface area is 159 Å². The second-order valence-electron chi connectivity index (χ2n) is 7.64. The molecule has 3 N–H and O–H groups in total. The van der Waals surface area contributed by atoms with Crippen LogP contribution in [0, 0.1) is 0 Å². The van der Waals surface area contributed by atoms with E-state index in [9.17, 15) is 0 Å². The predicted octanol–water partition coefficient (Wildman–Crippen LogP) is 9.21. The van der Waals surface area contributed by atoms with Gasteiger partial charge in [-0.15, -0.1) is 11.6 Å². The second-order valence-corrected chi connectivity index (χ2v) is 8.45. The fraction of sp³-hybridized carbons (Fsp3) is 1.00. The molecular weight excluding hydrogens is 314 g/mol. The zero-order chi connectivity index (χ0) is 17.2. The van der Waals surface area contributed by atoms with Crippen LogP contribution in [-0.2, 0) is 0 Å². The van der Waals surface area contributed by atoms with Crippen molar-refractivity contribution in [2.45, 2.75) is 141 Å². The van der Waals surface area contributed by atoms with Gasteiger partial charge in [0, 0.05) is 4.87 Å². The van der Waals surface area contributed by atoms with E-state index in [1.165, 1.54) is 116 Å². The van der Waals surface area contributed by atoms with Crippen molar-refractivity contribution in [3.05, 3.63) is 0 Å². The molecular formula is C22H48ClN. The summed E-state index contributed by atoms with van der Waals surface area (Å²) in [7, 11) is 0. The van der Waals surface area contributed by atoms with Crippen molar-refractivity contribution >= 4 is 11.6 Å². The van der Waals surface area contributed by atoms with E-state index in [-0.39, 0.29) is 11.0 Å². The third-order valence-corrected chi connectivity index (χ3v) is 5.75. The summed E-state index contributed by atoms with van der Waals surface area (Å²) in [5, 5.41) is 0. The normalized spacial score (nSPS) is 11.5. The van der Waals surface area contributed by atoms with Crippen molar-refractivity contribution in [1.29, 1.82) is 0 Å². The van der Waals surface area contributed by atoms with Crippen LogP contribution in [0.25, 0.3) is 0 Å². The molecule has 0 aliphatic carbocycles. The lowest BCUT2D eigenvalue weighted by atomic mass is 9.88. The fourth-order valence-corrected chi connectivity index (χ4v) is 3.91. The molecule has 0 aromatic heterocycles. The van der Waals surface area contributed by atoms with Gasteiger partial charge in [-0.2, -0.15) is 0 Å². The van der Waals surface area contributed by atoms with Crippen LogP contribution in [0.3, 0.4) is 0 Å². The number of hydrogen-bond acceptors (Lipinski definition) is 1. The molecule has 0 radical (unpaired) electrons. The van der Waals surface area contributed by atoms with Crippen molar-refractivity contribution < 1.29 is 0 Å². The number of halogens is 1. The molecule has 0 aromatic carbocycles. The van der Waals surface area contributed by atoms with Crippen molar-refractivity contribution in [1.82, 2.24) is 6.15 Å². The smallest absolute Gasteiger partial charge is 0.0446 e. The van der Waals surface area contributed by atoms with Crippen molar-refractivity contribution in [2.75, 3.05) is 0 Å². The summed E-state index contributed by atoms with van der Waals surface area (Å²) >= 11 is 7.08. The van der Waals surface area contributed by atoms with E-state index in [1.807, 2.05) is 0 Å². The first-order valence-corrected chi connectivity index (χ1v) is 11.2. The lowest BCUT2D eigenvalue weighted by Crippen LogP contribution is -2.21. The van der Waals surface area contributed by atoms with Crippen LogP contribution in [0.15, 0.2) is 0 Å². The summed E-state index contributed by atoms with van der Waals surface area (Å²) in [4.78, 5) is 0.116. The molecule has 0 saturated carbocycles. The first-order chi connectivity index (χ1) is 11.2. The van der Waals surface area contributed by atoms with E-state index in [2.05, 4.69) is 20.8 Å². The number of rotatable bonds is 18. The molecule has 0 saturated heterocycles. The molecule has 148 valence electrons. The topological polar surface area (TPSA) is 35.0 Å². The predicted molar refractivity (Wildman–Crippen MR) is 114 cm³/mol. The third-order valence-electron chi connectivity index (χ3n) is 5.19. The molecule has 0 atom stereocenters. The zero-order valence-corrected chi connectivity index (χ0v) is 18.1. The average molecular weight is 362 g/mol. The van der Waals surface area contributed by atoms with Crippen LogP contribution < -0.4 is 6.15 Å². The Balaban J connectivity index is 0. The Morgan fingerprint density at radius 3 is 0.958 bits per heavy atom. The summed E-state index contributed by atoms with van der Waals surface area (Å²) < 4.78 is 0. The molecule has 0 bridgehead atoms. The first kappa shape index (κ1) is 26.5. The molecule has 0 amide bonds. The molecule has 0 rings (SSSR count). The Morgan fingerprint density at radius 1 is 0.458 bits per heavy atom. The standard InChI is InChI=1S/C22H45Cl.H3N/c1-4-7-10-13-16-19-22(23,20-17-14-11-8-5-2)21-18-15-12-9-6-3;/h4-21H2,1-3H3;1H3. The number of hydrogen-bond donors (Lipinski definition) is 1. The van der Waals surface area contributed by atoms with E-state index < -0.39 is 0 Å². The first-order valence-electron chi connectivity index (χ1n) is 10.9. The van der Waals surface area contributed by atoms with E-state index in [1.54, 1.807) is 0 Å². The molecule has 1 nitrogen and oxygen atoms in total. The minimum Gasteiger partial charge on any atom is -0.344 e.